The van der Waals surface area contributed by atoms with Crippen LogP contribution in [0.3, 0.4) is 0 Å². The van der Waals surface area contributed by atoms with Gasteiger partial charge in [-0.3, -0.25) is 9.48 Å². The number of fused-ring (bicyclic) bond motifs is 1. The van der Waals surface area contributed by atoms with Crippen molar-refractivity contribution in [2.75, 3.05) is 5.73 Å². The van der Waals surface area contributed by atoms with Crippen molar-refractivity contribution >= 4 is 22.6 Å². The number of esters is 1. The molecule has 0 atom stereocenters. The molecule has 0 radical (unpaired) electrons. The van der Waals surface area contributed by atoms with Gasteiger partial charge in [0.25, 0.3) is 0 Å². The highest BCUT2D eigenvalue weighted by molar-refractivity contribution is 5.88. The fourth-order valence-electron chi connectivity index (χ4n) is 2.02. The molecule has 0 bridgehead atoms. The van der Waals surface area contributed by atoms with Crippen LogP contribution in [-0.2, 0) is 23.0 Å². The predicted molar refractivity (Wildman–Crippen MR) is 74.7 cm³/mol. The molecule has 1 heterocycles. The van der Waals surface area contributed by atoms with Crippen LogP contribution in [0.25, 0.3) is 10.9 Å². The Morgan fingerprint density at radius 1 is 1.42 bits per heavy atom. The van der Waals surface area contributed by atoms with E-state index in [9.17, 15) is 4.79 Å². The second-order valence-electron chi connectivity index (χ2n) is 5.68. The van der Waals surface area contributed by atoms with Crippen LogP contribution in [0.1, 0.15) is 26.3 Å². The molecule has 0 aliphatic heterocycles. The summed E-state index contributed by atoms with van der Waals surface area (Å²) < 4.78 is 7.03. The van der Waals surface area contributed by atoms with E-state index in [1.807, 2.05) is 40.1 Å². The normalized spacial score (nSPS) is 11.8. The molecule has 1 aromatic carbocycles. The highest BCUT2D eigenvalue weighted by Gasteiger charge is 2.18. The number of hydrogen-bond donors (Lipinski definition) is 1. The molecule has 0 fully saturated rings. The average molecular weight is 261 g/mol. The van der Waals surface area contributed by atoms with Gasteiger partial charge in [-0.15, -0.1) is 0 Å². The number of anilines is 1. The lowest BCUT2D eigenvalue weighted by atomic mass is 10.1. The second-order valence-corrected chi connectivity index (χ2v) is 5.68. The van der Waals surface area contributed by atoms with Gasteiger partial charge in [-0.25, -0.2) is 0 Å². The Labute approximate surface area is 112 Å². The van der Waals surface area contributed by atoms with Crippen LogP contribution in [-0.4, -0.2) is 21.4 Å². The van der Waals surface area contributed by atoms with Gasteiger partial charge in [-0.05, 0) is 38.5 Å². The minimum Gasteiger partial charge on any atom is -0.460 e. The third kappa shape index (κ3) is 3.24. The molecule has 2 aromatic rings. The van der Waals surface area contributed by atoms with Crippen molar-refractivity contribution in [1.82, 2.24) is 9.78 Å². The van der Waals surface area contributed by atoms with E-state index in [1.165, 1.54) is 0 Å². The van der Waals surface area contributed by atoms with Gasteiger partial charge in [-0.1, -0.05) is 0 Å². The summed E-state index contributed by atoms with van der Waals surface area (Å²) in [4.78, 5) is 11.9. The number of aryl methyl sites for hydroxylation is 1. The highest BCUT2D eigenvalue weighted by Crippen LogP contribution is 2.22. The number of carbonyl (C=O) groups excluding carboxylic acids is 1. The van der Waals surface area contributed by atoms with Crippen molar-refractivity contribution in [2.24, 2.45) is 7.05 Å². The summed E-state index contributed by atoms with van der Waals surface area (Å²) in [5.74, 6) is -0.273. The molecular formula is C14H19N3O2. The number of nitrogens with zero attached hydrogens (tertiary/aromatic N) is 2. The molecule has 0 saturated heterocycles. The molecule has 102 valence electrons. The van der Waals surface area contributed by atoms with Crippen LogP contribution >= 0.6 is 0 Å². The number of benzene rings is 1. The third-order valence-electron chi connectivity index (χ3n) is 2.58. The monoisotopic (exact) mass is 261 g/mol. The lowest BCUT2D eigenvalue weighted by molar-refractivity contribution is -0.153. The van der Waals surface area contributed by atoms with Crippen molar-refractivity contribution < 1.29 is 9.53 Å². The topological polar surface area (TPSA) is 70.1 Å². The maximum Gasteiger partial charge on any atom is 0.310 e. The minimum atomic E-state index is -0.485. The molecule has 0 amide bonds. The van der Waals surface area contributed by atoms with Crippen LogP contribution in [0.15, 0.2) is 18.3 Å². The van der Waals surface area contributed by atoms with Gasteiger partial charge < -0.3 is 10.5 Å². The summed E-state index contributed by atoms with van der Waals surface area (Å²) in [6.45, 7) is 5.54. The van der Waals surface area contributed by atoms with Gasteiger partial charge in [0.15, 0.2) is 0 Å². The number of nitrogens with two attached hydrogens (primary N) is 1. The molecule has 5 nitrogen and oxygen atoms in total. The Morgan fingerprint density at radius 2 is 2.11 bits per heavy atom. The van der Waals surface area contributed by atoms with E-state index in [-0.39, 0.29) is 12.4 Å². The van der Waals surface area contributed by atoms with Gasteiger partial charge in [-0.2, -0.15) is 5.10 Å². The van der Waals surface area contributed by atoms with Crippen LogP contribution in [0.5, 0.6) is 0 Å². The molecule has 2 rings (SSSR count). The SMILES string of the molecule is Cn1cc2cc(N)cc(CC(=O)OC(C)(C)C)c2n1. The lowest BCUT2D eigenvalue weighted by Crippen LogP contribution is -2.25. The summed E-state index contributed by atoms with van der Waals surface area (Å²) in [7, 11) is 1.84. The van der Waals surface area contributed by atoms with Gasteiger partial charge in [0.05, 0.1) is 11.9 Å². The molecule has 0 spiro atoms. The number of rotatable bonds is 2. The quantitative estimate of drug-likeness (QED) is 0.663. The molecule has 0 saturated carbocycles. The summed E-state index contributed by atoms with van der Waals surface area (Å²) in [5.41, 5.74) is 7.58. The summed E-state index contributed by atoms with van der Waals surface area (Å²) >= 11 is 0. The van der Waals surface area contributed by atoms with E-state index in [2.05, 4.69) is 5.10 Å². The average Bonchev–Trinajstić information content (AvgIpc) is 2.55. The van der Waals surface area contributed by atoms with E-state index in [1.54, 1.807) is 10.7 Å². The zero-order valence-corrected chi connectivity index (χ0v) is 11.7. The molecular weight excluding hydrogens is 242 g/mol. The van der Waals surface area contributed by atoms with Crippen LogP contribution < -0.4 is 5.73 Å². The van der Waals surface area contributed by atoms with Crippen LogP contribution in [0.4, 0.5) is 5.69 Å². The highest BCUT2D eigenvalue weighted by atomic mass is 16.6. The maximum absolute atomic E-state index is 11.9. The van der Waals surface area contributed by atoms with Crippen molar-refractivity contribution in [3.05, 3.63) is 23.9 Å². The van der Waals surface area contributed by atoms with Crippen molar-refractivity contribution in [3.8, 4) is 0 Å². The fraction of sp³-hybridized carbons (Fsp3) is 0.429. The van der Waals surface area contributed by atoms with Crippen molar-refractivity contribution in [1.29, 1.82) is 0 Å². The van der Waals surface area contributed by atoms with Crippen LogP contribution in [0, 0.1) is 0 Å². The fourth-order valence-corrected chi connectivity index (χ4v) is 2.02. The third-order valence-corrected chi connectivity index (χ3v) is 2.58. The first-order valence-corrected chi connectivity index (χ1v) is 6.18. The van der Waals surface area contributed by atoms with E-state index in [4.69, 9.17) is 10.5 Å². The Morgan fingerprint density at radius 3 is 2.74 bits per heavy atom. The Balaban J connectivity index is 2.32. The number of nitrogen functional groups attached to an aromatic ring is 1. The van der Waals surface area contributed by atoms with E-state index >= 15 is 0 Å². The molecule has 1 aromatic heterocycles. The number of carbonyl (C=O) groups is 1. The smallest absolute Gasteiger partial charge is 0.310 e. The van der Waals surface area contributed by atoms with Crippen LogP contribution in [0.2, 0.25) is 0 Å². The maximum atomic E-state index is 11.9. The Kier molecular flexibility index (Phi) is 3.22. The Bertz CT molecular complexity index is 623. The predicted octanol–water partition coefficient (Wildman–Crippen LogP) is 2.04. The molecule has 0 aliphatic carbocycles. The number of aromatic nitrogens is 2. The molecule has 19 heavy (non-hydrogen) atoms. The lowest BCUT2D eigenvalue weighted by Gasteiger charge is -2.19. The van der Waals surface area contributed by atoms with Gasteiger partial charge in [0, 0.05) is 24.3 Å². The van der Waals surface area contributed by atoms with E-state index < -0.39 is 5.60 Å². The summed E-state index contributed by atoms with van der Waals surface area (Å²) in [6.07, 6.45) is 2.06. The second kappa shape index (κ2) is 4.57. The zero-order valence-electron chi connectivity index (χ0n) is 11.7. The first-order valence-electron chi connectivity index (χ1n) is 6.18. The molecule has 0 aliphatic rings. The zero-order chi connectivity index (χ0) is 14.2. The van der Waals surface area contributed by atoms with Crippen molar-refractivity contribution in [3.63, 3.8) is 0 Å². The molecule has 5 heteroatoms. The largest absolute Gasteiger partial charge is 0.460 e. The minimum absolute atomic E-state index is 0.176. The molecule has 0 unspecified atom stereocenters. The first kappa shape index (κ1) is 13.4. The van der Waals surface area contributed by atoms with Crippen molar-refractivity contribution in [2.45, 2.75) is 32.8 Å². The Hall–Kier alpha value is -2.04. The standard InChI is InChI=1S/C14H19N3O2/c1-14(2,3)19-12(18)7-9-5-11(15)6-10-8-17(4)16-13(9)10/h5-6,8H,7,15H2,1-4H3. The summed E-state index contributed by atoms with van der Waals surface area (Å²) in [5, 5.41) is 5.29. The van der Waals surface area contributed by atoms with E-state index in [0.29, 0.717) is 5.69 Å². The molecule has 2 N–H and O–H groups in total. The summed E-state index contributed by atoms with van der Waals surface area (Å²) in [6, 6.07) is 3.63. The number of hydrogen-bond acceptors (Lipinski definition) is 4. The first-order chi connectivity index (χ1) is 8.74. The van der Waals surface area contributed by atoms with Gasteiger partial charge in [0.2, 0.25) is 0 Å². The number of ether oxygens (including phenoxy) is 1. The van der Waals surface area contributed by atoms with E-state index in [0.717, 1.165) is 16.5 Å². The van der Waals surface area contributed by atoms with Gasteiger partial charge >= 0.3 is 5.97 Å². The van der Waals surface area contributed by atoms with Gasteiger partial charge in [0.1, 0.15) is 5.60 Å².